The second-order valence-electron chi connectivity index (χ2n) is 7.17. The van der Waals surface area contributed by atoms with Crippen molar-refractivity contribution in [2.24, 2.45) is 0 Å². The van der Waals surface area contributed by atoms with Gasteiger partial charge in [-0.05, 0) is 30.9 Å². The number of aryl methyl sites for hydroxylation is 1. The summed E-state index contributed by atoms with van der Waals surface area (Å²) in [6, 6.07) is 7.27. The summed E-state index contributed by atoms with van der Waals surface area (Å²) >= 11 is 0. The number of carbonyl (C=O) groups is 3. The van der Waals surface area contributed by atoms with Crippen molar-refractivity contribution >= 4 is 17.7 Å². The molecule has 1 aromatic rings. The molecule has 7 heteroatoms. The van der Waals surface area contributed by atoms with Crippen LogP contribution in [0.5, 0.6) is 0 Å². The normalized spacial score (nSPS) is 23.0. The highest BCUT2D eigenvalue weighted by Crippen LogP contribution is 2.31. The number of benzene rings is 1. The highest BCUT2D eigenvalue weighted by atomic mass is 16.5. The molecule has 7 nitrogen and oxygen atoms in total. The Balaban J connectivity index is 1.62. The summed E-state index contributed by atoms with van der Waals surface area (Å²) in [5, 5.41) is 2.91. The van der Waals surface area contributed by atoms with Gasteiger partial charge in [0.1, 0.15) is 6.61 Å². The Morgan fingerprint density at radius 1 is 1.26 bits per heavy atom. The van der Waals surface area contributed by atoms with Crippen molar-refractivity contribution in [1.29, 1.82) is 0 Å². The Morgan fingerprint density at radius 2 is 2.04 bits per heavy atom. The highest BCUT2D eigenvalue weighted by Gasteiger charge is 2.40. The first-order chi connectivity index (χ1) is 13.0. The molecule has 2 aliphatic heterocycles. The number of nitrogens with one attached hydrogen (secondary N) is 1. The third kappa shape index (κ3) is 4.30. The zero-order chi connectivity index (χ0) is 19.4. The molecule has 146 valence electrons. The monoisotopic (exact) mass is 373 g/mol. The van der Waals surface area contributed by atoms with Gasteiger partial charge in [0.2, 0.25) is 11.8 Å². The van der Waals surface area contributed by atoms with E-state index in [4.69, 9.17) is 4.74 Å². The smallest absolute Gasteiger partial charge is 0.251 e. The number of rotatable bonds is 6. The lowest BCUT2D eigenvalue weighted by Gasteiger charge is -2.39. The van der Waals surface area contributed by atoms with Crippen molar-refractivity contribution in [3.8, 4) is 0 Å². The van der Waals surface area contributed by atoms with E-state index < -0.39 is 12.1 Å². The molecule has 2 atom stereocenters. The van der Waals surface area contributed by atoms with Crippen LogP contribution in [0.25, 0.3) is 0 Å². The van der Waals surface area contributed by atoms with Gasteiger partial charge in [-0.1, -0.05) is 24.3 Å². The Hall–Kier alpha value is -2.41. The lowest BCUT2D eigenvalue weighted by molar-refractivity contribution is -0.162. The quantitative estimate of drug-likeness (QED) is 0.755. The predicted molar refractivity (Wildman–Crippen MR) is 99.9 cm³/mol. The van der Waals surface area contributed by atoms with E-state index in [0.29, 0.717) is 25.9 Å². The summed E-state index contributed by atoms with van der Waals surface area (Å²) in [5.41, 5.74) is 1.92. The van der Waals surface area contributed by atoms with Gasteiger partial charge in [0.25, 0.3) is 5.91 Å². The van der Waals surface area contributed by atoms with Gasteiger partial charge in [-0.15, -0.1) is 0 Å². The van der Waals surface area contributed by atoms with E-state index in [1.165, 1.54) is 0 Å². The minimum Gasteiger partial charge on any atom is -0.356 e. The molecule has 0 radical (unpaired) electrons. The van der Waals surface area contributed by atoms with Crippen LogP contribution in [0, 0.1) is 6.92 Å². The first kappa shape index (κ1) is 19.4. The Bertz CT molecular complexity index is 721. The van der Waals surface area contributed by atoms with Crippen LogP contribution in [0.2, 0.25) is 0 Å². The predicted octanol–water partition coefficient (Wildman–Crippen LogP) is 1.02. The number of hydrogen-bond acceptors (Lipinski definition) is 4. The summed E-state index contributed by atoms with van der Waals surface area (Å²) in [7, 11) is 1.71. The average molecular weight is 373 g/mol. The van der Waals surface area contributed by atoms with Crippen LogP contribution in [0.4, 0.5) is 0 Å². The molecule has 3 amide bonds. The van der Waals surface area contributed by atoms with Crippen molar-refractivity contribution < 1.29 is 19.1 Å². The molecule has 1 N–H and O–H groups in total. The van der Waals surface area contributed by atoms with Crippen LogP contribution in [-0.2, 0) is 19.1 Å². The molecule has 3 rings (SSSR count). The molecule has 0 bridgehead atoms. The van der Waals surface area contributed by atoms with Crippen LogP contribution in [0.15, 0.2) is 24.3 Å². The first-order valence-electron chi connectivity index (χ1n) is 9.47. The van der Waals surface area contributed by atoms with Crippen molar-refractivity contribution in [2.45, 2.75) is 38.3 Å². The van der Waals surface area contributed by atoms with Crippen LogP contribution < -0.4 is 5.32 Å². The minimum absolute atomic E-state index is 0.0980. The summed E-state index contributed by atoms with van der Waals surface area (Å²) in [4.78, 5) is 39.9. The van der Waals surface area contributed by atoms with E-state index in [1.54, 1.807) is 11.9 Å². The number of ether oxygens (including phenoxy) is 1. The zero-order valence-electron chi connectivity index (χ0n) is 15.9. The molecule has 1 aromatic carbocycles. The van der Waals surface area contributed by atoms with E-state index in [9.17, 15) is 14.4 Å². The standard InChI is InChI=1S/C20H27N3O4/c1-14-7-3-4-8-15(14)18-19(27-13-17(25)22(18)2)20(26)21-10-6-12-23-11-5-9-16(23)24/h3-4,7-8,18-19H,5-6,9-13H2,1-2H3,(H,21,26)/t18-,19+/m1/s1. The van der Waals surface area contributed by atoms with Gasteiger partial charge >= 0.3 is 0 Å². The number of amides is 3. The van der Waals surface area contributed by atoms with E-state index in [2.05, 4.69) is 5.32 Å². The Morgan fingerprint density at radius 3 is 2.74 bits per heavy atom. The molecule has 0 spiro atoms. The number of morpholine rings is 1. The van der Waals surface area contributed by atoms with E-state index in [-0.39, 0.29) is 24.3 Å². The van der Waals surface area contributed by atoms with E-state index in [1.807, 2.05) is 36.1 Å². The van der Waals surface area contributed by atoms with Crippen molar-refractivity contribution in [3.63, 3.8) is 0 Å². The number of carbonyl (C=O) groups excluding carboxylic acids is 3. The van der Waals surface area contributed by atoms with Gasteiger partial charge in [0, 0.05) is 33.1 Å². The fraction of sp³-hybridized carbons (Fsp3) is 0.550. The second kappa shape index (κ2) is 8.52. The summed E-state index contributed by atoms with van der Waals surface area (Å²) < 4.78 is 5.62. The van der Waals surface area contributed by atoms with E-state index >= 15 is 0 Å². The number of nitrogens with zero attached hydrogens (tertiary/aromatic N) is 2. The molecule has 2 aliphatic rings. The lowest BCUT2D eigenvalue weighted by atomic mass is 9.94. The van der Waals surface area contributed by atoms with Gasteiger partial charge in [0.05, 0.1) is 6.04 Å². The molecule has 27 heavy (non-hydrogen) atoms. The van der Waals surface area contributed by atoms with Gasteiger partial charge in [-0.25, -0.2) is 0 Å². The maximum Gasteiger partial charge on any atom is 0.251 e. The molecule has 0 unspecified atom stereocenters. The summed E-state index contributed by atoms with van der Waals surface area (Å²) in [5.74, 6) is -0.174. The molecule has 0 aliphatic carbocycles. The molecule has 2 fully saturated rings. The van der Waals surface area contributed by atoms with Crippen LogP contribution in [-0.4, -0.2) is 66.9 Å². The second-order valence-corrected chi connectivity index (χ2v) is 7.17. The molecule has 2 saturated heterocycles. The molecular weight excluding hydrogens is 346 g/mol. The molecule has 2 heterocycles. The molecule has 0 saturated carbocycles. The topological polar surface area (TPSA) is 79.0 Å². The van der Waals surface area contributed by atoms with Gasteiger partial charge < -0.3 is 19.9 Å². The van der Waals surface area contributed by atoms with Crippen LogP contribution in [0.1, 0.15) is 36.4 Å². The van der Waals surface area contributed by atoms with Gasteiger partial charge in [-0.2, -0.15) is 0 Å². The highest BCUT2D eigenvalue weighted by molar-refractivity contribution is 5.86. The Kier molecular flexibility index (Phi) is 6.11. The maximum absolute atomic E-state index is 12.8. The fourth-order valence-electron chi connectivity index (χ4n) is 3.74. The Labute approximate surface area is 159 Å². The molecular formula is C20H27N3O4. The number of likely N-dealkylation sites (N-methyl/N-ethyl adjacent to an activating group) is 1. The van der Waals surface area contributed by atoms with Crippen LogP contribution >= 0.6 is 0 Å². The average Bonchev–Trinajstić information content (AvgIpc) is 3.06. The van der Waals surface area contributed by atoms with E-state index in [0.717, 1.165) is 24.1 Å². The summed E-state index contributed by atoms with van der Waals surface area (Å²) in [6.07, 6.45) is 1.50. The van der Waals surface area contributed by atoms with Crippen molar-refractivity contribution in [1.82, 2.24) is 15.1 Å². The van der Waals surface area contributed by atoms with Gasteiger partial charge in [0.15, 0.2) is 6.10 Å². The third-order valence-corrected chi connectivity index (χ3v) is 5.32. The SMILES string of the molecule is Cc1ccccc1[C@@H]1[C@@H](C(=O)NCCCN2CCCC2=O)OCC(=O)N1C. The maximum atomic E-state index is 12.8. The summed E-state index contributed by atoms with van der Waals surface area (Å²) in [6.45, 7) is 3.80. The third-order valence-electron chi connectivity index (χ3n) is 5.32. The largest absolute Gasteiger partial charge is 0.356 e. The molecule has 0 aromatic heterocycles. The van der Waals surface area contributed by atoms with Crippen LogP contribution in [0.3, 0.4) is 0 Å². The fourth-order valence-corrected chi connectivity index (χ4v) is 3.74. The van der Waals surface area contributed by atoms with Crippen molar-refractivity contribution in [2.75, 3.05) is 33.3 Å². The zero-order valence-corrected chi connectivity index (χ0v) is 15.9. The number of hydrogen-bond donors (Lipinski definition) is 1. The number of likely N-dealkylation sites (tertiary alicyclic amines) is 1. The first-order valence-corrected chi connectivity index (χ1v) is 9.47. The minimum atomic E-state index is -0.748. The lowest BCUT2D eigenvalue weighted by Crippen LogP contribution is -2.53. The van der Waals surface area contributed by atoms with Crippen molar-refractivity contribution in [3.05, 3.63) is 35.4 Å². The van der Waals surface area contributed by atoms with Gasteiger partial charge in [-0.3, -0.25) is 14.4 Å².